The summed E-state index contributed by atoms with van der Waals surface area (Å²) in [6.07, 6.45) is 15.0. The summed E-state index contributed by atoms with van der Waals surface area (Å²) in [6.45, 7) is 10.2. The molecule has 0 aromatic rings. The average Bonchev–Trinajstić information content (AvgIpc) is 2.84. The van der Waals surface area contributed by atoms with Crippen molar-refractivity contribution in [2.75, 3.05) is 13.1 Å². The summed E-state index contributed by atoms with van der Waals surface area (Å²) in [5.41, 5.74) is 8.05. The van der Waals surface area contributed by atoms with Crippen molar-refractivity contribution in [3.05, 3.63) is 46.8 Å². The summed E-state index contributed by atoms with van der Waals surface area (Å²) >= 11 is 3.45. The minimum absolute atomic E-state index is 0.158. The Labute approximate surface area is 165 Å². The molecule has 0 amide bonds. The first-order chi connectivity index (χ1) is 12.4. The molecule has 2 bridgehead atoms. The Bertz CT molecular complexity index is 668. The predicted molar refractivity (Wildman–Crippen MR) is 115 cm³/mol. The van der Waals surface area contributed by atoms with E-state index in [0.29, 0.717) is 11.9 Å². The van der Waals surface area contributed by atoms with Crippen LogP contribution in [0.4, 0.5) is 0 Å². The molecular weight excluding hydrogens is 390 g/mol. The number of rotatable bonds is 7. The van der Waals surface area contributed by atoms with Crippen molar-refractivity contribution in [1.82, 2.24) is 10.0 Å². The summed E-state index contributed by atoms with van der Waals surface area (Å²) in [7, 11) is 0. The van der Waals surface area contributed by atoms with Crippen molar-refractivity contribution in [3.8, 4) is 0 Å². The summed E-state index contributed by atoms with van der Waals surface area (Å²) in [5, 5.41) is 4.48. The first kappa shape index (κ1) is 20.5. The van der Waals surface area contributed by atoms with Gasteiger partial charge in [-0.15, -0.1) is 0 Å². The first-order valence-electron chi connectivity index (χ1n) is 9.25. The van der Waals surface area contributed by atoms with Gasteiger partial charge in [0.2, 0.25) is 5.96 Å². The number of nitrogens with two attached hydrogens (primary N) is 1. The number of guanidine groups is 1. The number of hydrogen-bond acceptors (Lipinski definition) is 3. The van der Waals surface area contributed by atoms with Crippen LogP contribution in [0.1, 0.15) is 40.5 Å². The van der Waals surface area contributed by atoms with Crippen LogP contribution in [0.3, 0.4) is 0 Å². The SMILES string of the molecule is CCCN=C(N)N=C1C2=CN(C1C)N(CC(C)/C=C\C/C=C(\C)Br)C=C2. The molecule has 2 unspecified atom stereocenters. The monoisotopic (exact) mass is 419 g/mol. The maximum absolute atomic E-state index is 5.95. The van der Waals surface area contributed by atoms with Crippen LogP contribution in [0, 0.1) is 5.92 Å². The van der Waals surface area contributed by atoms with Crippen LogP contribution in [-0.2, 0) is 0 Å². The zero-order valence-corrected chi connectivity index (χ0v) is 17.8. The number of hydrazine groups is 1. The van der Waals surface area contributed by atoms with Gasteiger partial charge in [-0.3, -0.25) is 15.0 Å². The number of halogens is 1. The number of aliphatic imine (C=N–C) groups is 2. The second-order valence-corrected chi connectivity index (χ2v) is 8.00. The minimum atomic E-state index is 0.158. The minimum Gasteiger partial charge on any atom is -0.368 e. The summed E-state index contributed by atoms with van der Waals surface area (Å²) in [5.74, 6) is 0.817. The third-order valence-electron chi connectivity index (χ3n) is 4.29. The quantitative estimate of drug-likeness (QED) is 0.378. The van der Waals surface area contributed by atoms with E-state index in [2.05, 4.69) is 93.4 Å². The number of fused-ring (bicyclic) bond motifs is 1. The molecule has 2 atom stereocenters. The molecule has 0 aromatic carbocycles. The van der Waals surface area contributed by atoms with Gasteiger partial charge in [-0.2, -0.15) is 0 Å². The topological polar surface area (TPSA) is 57.2 Å². The zero-order valence-electron chi connectivity index (χ0n) is 16.2. The van der Waals surface area contributed by atoms with Crippen molar-refractivity contribution in [2.24, 2.45) is 21.6 Å². The molecule has 0 fully saturated rings. The fourth-order valence-corrected chi connectivity index (χ4v) is 3.14. The third-order valence-corrected chi connectivity index (χ3v) is 4.61. The van der Waals surface area contributed by atoms with E-state index in [1.165, 1.54) is 4.48 Å². The molecule has 6 heteroatoms. The van der Waals surface area contributed by atoms with Gasteiger partial charge in [0.1, 0.15) is 0 Å². The van der Waals surface area contributed by atoms with Gasteiger partial charge >= 0.3 is 0 Å². The van der Waals surface area contributed by atoms with Gasteiger partial charge < -0.3 is 5.73 Å². The fraction of sp³-hybridized carbons (Fsp3) is 0.500. The van der Waals surface area contributed by atoms with Crippen LogP contribution in [0.25, 0.3) is 0 Å². The van der Waals surface area contributed by atoms with Crippen LogP contribution in [-0.4, -0.2) is 40.8 Å². The summed E-state index contributed by atoms with van der Waals surface area (Å²) in [4.78, 5) is 8.84. The Morgan fingerprint density at radius 2 is 2.23 bits per heavy atom. The third kappa shape index (κ3) is 5.59. The van der Waals surface area contributed by atoms with Crippen LogP contribution < -0.4 is 5.73 Å². The Morgan fingerprint density at radius 3 is 2.92 bits per heavy atom. The Kier molecular flexibility index (Phi) is 7.69. The van der Waals surface area contributed by atoms with Gasteiger partial charge in [0, 0.05) is 31.1 Å². The lowest BCUT2D eigenvalue weighted by Crippen LogP contribution is -2.42. The smallest absolute Gasteiger partial charge is 0.215 e. The normalized spacial score (nSPS) is 23.3. The van der Waals surface area contributed by atoms with E-state index in [9.17, 15) is 0 Å². The molecule has 2 heterocycles. The van der Waals surface area contributed by atoms with E-state index in [-0.39, 0.29) is 6.04 Å². The van der Waals surface area contributed by atoms with E-state index in [1.54, 1.807) is 0 Å². The van der Waals surface area contributed by atoms with Gasteiger partial charge in [-0.1, -0.05) is 48.0 Å². The molecule has 2 N–H and O–H groups in total. The fourth-order valence-electron chi connectivity index (χ4n) is 2.95. The van der Waals surface area contributed by atoms with E-state index >= 15 is 0 Å². The second-order valence-electron chi connectivity index (χ2n) is 6.75. The van der Waals surface area contributed by atoms with Crippen molar-refractivity contribution >= 4 is 27.6 Å². The van der Waals surface area contributed by atoms with Crippen molar-refractivity contribution in [3.63, 3.8) is 0 Å². The lowest BCUT2D eigenvalue weighted by molar-refractivity contribution is 0.0576. The van der Waals surface area contributed by atoms with E-state index in [4.69, 9.17) is 5.73 Å². The standard InChI is InChI=1S/C20H30BrN5/c1-5-11-23-20(22)24-19-17(4)26-14-18(19)10-12-25(26)13-15(2)8-6-7-9-16(3)21/h6,8-10,12,14-15,17H,5,7,11,13H2,1-4H3,(H2,22,23)/b8-6-,16-9+,24-19?. The van der Waals surface area contributed by atoms with Crippen molar-refractivity contribution < 1.29 is 0 Å². The van der Waals surface area contributed by atoms with Crippen LogP contribution >= 0.6 is 15.9 Å². The highest BCUT2D eigenvalue weighted by atomic mass is 79.9. The van der Waals surface area contributed by atoms with Gasteiger partial charge in [0.15, 0.2) is 0 Å². The molecule has 2 aliphatic heterocycles. The molecule has 0 aliphatic carbocycles. The molecule has 0 radical (unpaired) electrons. The van der Waals surface area contributed by atoms with Gasteiger partial charge in [0.25, 0.3) is 0 Å². The second kappa shape index (κ2) is 9.76. The molecule has 142 valence electrons. The molecule has 0 saturated heterocycles. The first-order valence-corrected chi connectivity index (χ1v) is 10.0. The van der Waals surface area contributed by atoms with Crippen LogP contribution in [0.15, 0.2) is 56.7 Å². The van der Waals surface area contributed by atoms with Crippen LogP contribution in [0.2, 0.25) is 0 Å². The lowest BCUT2D eigenvalue weighted by atomic mass is 10.1. The van der Waals surface area contributed by atoms with Gasteiger partial charge in [-0.25, -0.2) is 4.99 Å². The number of nitrogens with zero attached hydrogens (tertiary/aromatic N) is 4. The molecule has 0 spiro atoms. The molecule has 26 heavy (non-hydrogen) atoms. The summed E-state index contributed by atoms with van der Waals surface area (Å²) in [6, 6.07) is 0.158. The average molecular weight is 420 g/mol. The highest BCUT2D eigenvalue weighted by Gasteiger charge is 2.33. The Hall–Kier alpha value is -1.82. The van der Waals surface area contributed by atoms with Gasteiger partial charge in [0.05, 0.1) is 11.8 Å². The van der Waals surface area contributed by atoms with Crippen molar-refractivity contribution in [1.29, 1.82) is 0 Å². The Balaban J connectivity index is 1.99. The molecule has 5 nitrogen and oxygen atoms in total. The van der Waals surface area contributed by atoms with E-state index < -0.39 is 0 Å². The molecule has 2 aliphatic rings. The van der Waals surface area contributed by atoms with E-state index in [1.807, 2.05) is 6.92 Å². The maximum Gasteiger partial charge on any atom is 0.215 e. The number of hydrogen-bond donors (Lipinski definition) is 1. The highest BCUT2D eigenvalue weighted by Crippen LogP contribution is 2.27. The number of allylic oxidation sites excluding steroid dienone is 4. The maximum atomic E-state index is 5.95. The van der Waals surface area contributed by atoms with E-state index in [0.717, 1.165) is 37.2 Å². The zero-order chi connectivity index (χ0) is 19.1. The Morgan fingerprint density at radius 1 is 1.46 bits per heavy atom. The van der Waals surface area contributed by atoms with Gasteiger partial charge in [-0.05, 0) is 43.2 Å². The molecule has 0 aromatic heterocycles. The summed E-state index contributed by atoms with van der Waals surface area (Å²) < 4.78 is 1.17. The predicted octanol–water partition coefficient (Wildman–Crippen LogP) is 4.37. The lowest BCUT2D eigenvalue weighted by Gasteiger charge is -2.35. The van der Waals surface area contributed by atoms with Crippen LogP contribution in [0.5, 0.6) is 0 Å². The largest absolute Gasteiger partial charge is 0.368 e. The molecule has 2 rings (SSSR count). The molecule has 0 saturated carbocycles. The van der Waals surface area contributed by atoms with Crippen molar-refractivity contribution in [2.45, 2.75) is 46.6 Å². The molecular formula is C20H30BrN5. The highest BCUT2D eigenvalue weighted by molar-refractivity contribution is 9.11.